The van der Waals surface area contributed by atoms with E-state index in [9.17, 15) is 9.59 Å². The molecule has 1 saturated heterocycles. The van der Waals surface area contributed by atoms with Crippen molar-refractivity contribution in [1.82, 2.24) is 20.9 Å². The highest BCUT2D eigenvalue weighted by Crippen LogP contribution is 2.18. The van der Waals surface area contributed by atoms with Crippen molar-refractivity contribution in [3.05, 3.63) is 96.1 Å². The summed E-state index contributed by atoms with van der Waals surface area (Å²) in [5.74, 6) is -0.114. The largest absolute Gasteiger partial charge is 0.370 e. The van der Waals surface area contributed by atoms with Gasteiger partial charge in [-0.3, -0.25) is 15.0 Å². The van der Waals surface area contributed by atoms with Crippen LogP contribution < -0.4 is 21.7 Å². The van der Waals surface area contributed by atoms with Gasteiger partial charge in [0.25, 0.3) is 5.91 Å². The third kappa shape index (κ3) is 7.41. The molecule has 1 aliphatic heterocycles. The van der Waals surface area contributed by atoms with Crippen LogP contribution in [0.15, 0.2) is 84.9 Å². The minimum Gasteiger partial charge on any atom is -0.370 e. The summed E-state index contributed by atoms with van der Waals surface area (Å²) in [7, 11) is 0. The average molecular weight is 551 g/mol. The average Bonchev–Trinajstić information content (AvgIpc) is 3.14. The van der Waals surface area contributed by atoms with E-state index >= 15 is 0 Å². The second-order valence-electron chi connectivity index (χ2n) is 10.7. The molecule has 212 valence electrons. The maximum absolute atomic E-state index is 13.6. The van der Waals surface area contributed by atoms with Crippen molar-refractivity contribution in [1.29, 1.82) is 5.41 Å². The first-order chi connectivity index (χ1) is 20.0. The van der Waals surface area contributed by atoms with Gasteiger partial charge in [-0.2, -0.15) is 0 Å². The Kier molecular flexibility index (Phi) is 9.11. The molecule has 5 rings (SSSR count). The van der Waals surface area contributed by atoms with Crippen LogP contribution in [0.2, 0.25) is 0 Å². The van der Waals surface area contributed by atoms with Crippen molar-refractivity contribution >= 4 is 39.3 Å². The van der Waals surface area contributed by atoms with E-state index in [0.717, 1.165) is 23.6 Å². The molecule has 0 bridgehead atoms. The Morgan fingerprint density at radius 1 is 0.927 bits per heavy atom. The number of amides is 2. The highest BCUT2D eigenvalue weighted by molar-refractivity contribution is 5.98. The number of hydrogen-bond donors (Lipinski definition) is 5. The lowest BCUT2D eigenvalue weighted by atomic mass is 10.0. The number of carbonyl (C=O) groups is 2. The molecule has 8 nitrogen and oxygen atoms in total. The zero-order valence-corrected chi connectivity index (χ0v) is 23.2. The molecule has 2 amide bonds. The minimum atomic E-state index is -0.370. The van der Waals surface area contributed by atoms with Crippen molar-refractivity contribution in [3.63, 3.8) is 0 Å². The van der Waals surface area contributed by atoms with Gasteiger partial charge >= 0.3 is 0 Å². The van der Waals surface area contributed by atoms with Crippen LogP contribution >= 0.6 is 0 Å². The molecular weight excluding hydrogens is 512 g/mol. The standard InChI is InChI=1S/C33H38N6O2/c34-33(35)36-17-5-10-30-32(41)39(18-15-23-11-12-24-6-1-3-8-26(24)20-23)19-16-29(38-30)22-37-31(40)28-14-13-25-7-2-4-9-27(25)21-28/h1-4,6-9,11-14,20-21,29-30,38H,5,10,15-19,22H2,(H,37,40)(H4,34,35,36)/t29-,30-/m0/s1. The SMILES string of the molecule is N=C(N)NCCC[C@@H]1N[C@H](CNC(=O)c2ccc3ccccc3c2)CCN(CCc2ccc3ccccc3c2)C1=O. The number of nitrogens with zero attached hydrogens (tertiary/aromatic N) is 1. The Morgan fingerprint density at radius 3 is 2.34 bits per heavy atom. The third-order valence-electron chi connectivity index (χ3n) is 7.78. The normalized spacial score (nSPS) is 17.4. The topological polar surface area (TPSA) is 123 Å². The monoisotopic (exact) mass is 550 g/mol. The van der Waals surface area contributed by atoms with Crippen LogP contribution in [-0.2, 0) is 11.2 Å². The predicted molar refractivity (Wildman–Crippen MR) is 165 cm³/mol. The lowest BCUT2D eigenvalue weighted by Crippen LogP contribution is -2.49. The Hall–Kier alpha value is -4.43. The Morgan fingerprint density at radius 2 is 1.61 bits per heavy atom. The molecule has 1 fully saturated rings. The van der Waals surface area contributed by atoms with Gasteiger partial charge in [-0.15, -0.1) is 0 Å². The van der Waals surface area contributed by atoms with E-state index in [1.165, 1.54) is 16.3 Å². The predicted octanol–water partition coefficient (Wildman–Crippen LogP) is 3.79. The number of guanidine groups is 1. The molecule has 0 saturated carbocycles. The van der Waals surface area contributed by atoms with Crippen LogP contribution in [0.25, 0.3) is 21.5 Å². The Labute approximate surface area is 240 Å². The molecule has 0 unspecified atom stereocenters. The van der Waals surface area contributed by atoms with Crippen LogP contribution in [0.1, 0.15) is 35.2 Å². The molecule has 41 heavy (non-hydrogen) atoms. The van der Waals surface area contributed by atoms with Crippen LogP contribution in [-0.4, -0.2) is 60.9 Å². The van der Waals surface area contributed by atoms with Gasteiger partial charge in [0.2, 0.25) is 5.91 Å². The lowest BCUT2D eigenvalue weighted by molar-refractivity contribution is -0.132. The van der Waals surface area contributed by atoms with E-state index < -0.39 is 0 Å². The third-order valence-corrected chi connectivity index (χ3v) is 7.78. The molecule has 4 aromatic rings. The van der Waals surface area contributed by atoms with E-state index in [1.54, 1.807) is 0 Å². The van der Waals surface area contributed by atoms with E-state index in [-0.39, 0.29) is 29.9 Å². The maximum Gasteiger partial charge on any atom is 0.251 e. The molecule has 0 radical (unpaired) electrons. The highest BCUT2D eigenvalue weighted by atomic mass is 16.2. The number of fused-ring (bicyclic) bond motifs is 2. The van der Waals surface area contributed by atoms with E-state index in [2.05, 4.69) is 46.3 Å². The molecule has 6 N–H and O–H groups in total. The maximum atomic E-state index is 13.6. The highest BCUT2D eigenvalue weighted by Gasteiger charge is 2.30. The molecule has 0 aliphatic carbocycles. The smallest absolute Gasteiger partial charge is 0.251 e. The van der Waals surface area contributed by atoms with Crippen molar-refractivity contribution in [3.8, 4) is 0 Å². The fourth-order valence-electron chi connectivity index (χ4n) is 5.51. The van der Waals surface area contributed by atoms with Gasteiger partial charge < -0.3 is 26.6 Å². The quantitative estimate of drug-likeness (QED) is 0.117. The molecule has 1 aliphatic rings. The summed E-state index contributed by atoms with van der Waals surface area (Å²) in [6.45, 7) is 2.22. The van der Waals surface area contributed by atoms with Crippen LogP contribution in [0.5, 0.6) is 0 Å². The minimum absolute atomic E-state index is 0.0419. The first-order valence-electron chi connectivity index (χ1n) is 14.3. The van der Waals surface area contributed by atoms with E-state index in [4.69, 9.17) is 11.1 Å². The van der Waals surface area contributed by atoms with Crippen LogP contribution in [0.4, 0.5) is 0 Å². The summed E-state index contributed by atoms with van der Waals surface area (Å²) in [5, 5.41) is 21.3. The van der Waals surface area contributed by atoms with Crippen molar-refractivity contribution < 1.29 is 9.59 Å². The van der Waals surface area contributed by atoms with Gasteiger partial charge in [-0.25, -0.2) is 0 Å². The summed E-state index contributed by atoms with van der Waals surface area (Å²) in [6.07, 6.45) is 2.82. The number of nitrogens with two attached hydrogens (primary N) is 1. The summed E-state index contributed by atoms with van der Waals surface area (Å²) >= 11 is 0. The fourth-order valence-corrected chi connectivity index (χ4v) is 5.51. The molecule has 2 atom stereocenters. The summed E-state index contributed by atoms with van der Waals surface area (Å²) in [6, 6.07) is 28.1. The molecule has 1 heterocycles. The summed E-state index contributed by atoms with van der Waals surface area (Å²) in [5.41, 5.74) is 7.25. The summed E-state index contributed by atoms with van der Waals surface area (Å²) in [4.78, 5) is 28.6. The molecule has 8 heteroatoms. The van der Waals surface area contributed by atoms with Gasteiger partial charge in [0.05, 0.1) is 6.04 Å². The number of nitrogens with one attached hydrogen (secondary N) is 4. The van der Waals surface area contributed by atoms with Crippen molar-refractivity contribution in [2.75, 3.05) is 26.2 Å². The van der Waals surface area contributed by atoms with Crippen molar-refractivity contribution in [2.24, 2.45) is 5.73 Å². The van der Waals surface area contributed by atoms with Crippen LogP contribution in [0.3, 0.4) is 0 Å². The number of rotatable bonds is 10. The van der Waals surface area contributed by atoms with Gasteiger partial charge in [-0.1, -0.05) is 72.8 Å². The number of carbonyl (C=O) groups excluding carboxylic acids is 2. The first-order valence-corrected chi connectivity index (χ1v) is 14.3. The summed E-state index contributed by atoms with van der Waals surface area (Å²) < 4.78 is 0. The van der Waals surface area contributed by atoms with Gasteiger partial charge in [0.15, 0.2) is 5.96 Å². The second kappa shape index (κ2) is 13.3. The number of hydrogen-bond acceptors (Lipinski definition) is 4. The van der Waals surface area contributed by atoms with Gasteiger partial charge in [0, 0.05) is 37.8 Å². The Bertz CT molecular complexity index is 1540. The number of benzene rings is 4. The fraction of sp³-hybridized carbons (Fsp3) is 0.303. The van der Waals surface area contributed by atoms with E-state index in [1.807, 2.05) is 59.5 Å². The van der Waals surface area contributed by atoms with Crippen LogP contribution in [0, 0.1) is 5.41 Å². The van der Waals surface area contributed by atoms with E-state index in [0.29, 0.717) is 44.6 Å². The Balaban J connectivity index is 1.23. The van der Waals surface area contributed by atoms with Crippen molar-refractivity contribution in [2.45, 2.75) is 37.8 Å². The zero-order chi connectivity index (χ0) is 28.6. The lowest BCUT2D eigenvalue weighted by Gasteiger charge is -2.25. The van der Waals surface area contributed by atoms with Gasteiger partial charge in [-0.05, 0) is 64.9 Å². The molecule has 0 spiro atoms. The molecule has 4 aromatic carbocycles. The first kappa shape index (κ1) is 28.1. The van der Waals surface area contributed by atoms with Gasteiger partial charge in [0.1, 0.15) is 0 Å². The zero-order valence-electron chi connectivity index (χ0n) is 23.2. The second-order valence-corrected chi connectivity index (χ2v) is 10.7. The molecule has 0 aromatic heterocycles. The molecular formula is C33H38N6O2.